The highest BCUT2D eigenvalue weighted by Gasteiger charge is 2.18. The Morgan fingerprint density at radius 1 is 1.40 bits per heavy atom. The Morgan fingerprint density at radius 3 is 2.75 bits per heavy atom. The van der Waals surface area contributed by atoms with E-state index in [1.165, 1.54) is 12.8 Å². The van der Waals surface area contributed by atoms with Crippen LogP contribution in [0.5, 0.6) is 0 Å². The third-order valence-electron chi connectivity index (χ3n) is 3.71. The van der Waals surface area contributed by atoms with E-state index in [2.05, 4.69) is 27.4 Å². The molecule has 5 heteroatoms. The lowest BCUT2D eigenvalue weighted by Crippen LogP contribution is -2.40. The van der Waals surface area contributed by atoms with Crippen LogP contribution < -0.4 is 10.6 Å². The molecular formula is C15H24N4O. The molecule has 110 valence electrons. The Hall–Kier alpha value is -1.62. The van der Waals surface area contributed by atoms with Crippen molar-refractivity contribution >= 4 is 11.7 Å². The van der Waals surface area contributed by atoms with E-state index in [1.54, 1.807) is 12.3 Å². The summed E-state index contributed by atoms with van der Waals surface area (Å²) in [6.07, 6.45) is 4.16. The van der Waals surface area contributed by atoms with Gasteiger partial charge >= 0.3 is 0 Å². The molecule has 1 unspecified atom stereocenters. The second-order valence-electron chi connectivity index (χ2n) is 5.26. The SMILES string of the molecule is CCNc1ccc(C(=O)NCC(C)N2CCCC2)cn1. The van der Waals surface area contributed by atoms with E-state index in [9.17, 15) is 4.79 Å². The minimum Gasteiger partial charge on any atom is -0.370 e. The summed E-state index contributed by atoms with van der Waals surface area (Å²) in [6.45, 7) is 7.99. The van der Waals surface area contributed by atoms with Gasteiger partial charge in [0.25, 0.3) is 5.91 Å². The average molecular weight is 276 g/mol. The zero-order valence-corrected chi connectivity index (χ0v) is 12.4. The molecule has 0 spiro atoms. The molecular weight excluding hydrogens is 252 g/mol. The number of anilines is 1. The van der Waals surface area contributed by atoms with E-state index in [0.717, 1.165) is 25.5 Å². The lowest BCUT2D eigenvalue weighted by Gasteiger charge is -2.23. The fraction of sp³-hybridized carbons (Fsp3) is 0.600. The van der Waals surface area contributed by atoms with Crippen molar-refractivity contribution in [3.8, 4) is 0 Å². The molecule has 2 rings (SSSR count). The standard InChI is InChI=1S/C15H24N4O/c1-3-16-14-7-6-13(11-17-14)15(20)18-10-12(2)19-8-4-5-9-19/h6-7,11-12H,3-5,8-10H2,1-2H3,(H,16,17)(H,18,20). The highest BCUT2D eigenvalue weighted by Crippen LogP contribution is 2.11. The molecule has 1 amide bonds. The van der Waals surface area contributed by atoms with Crippen LogP contribution in [0.15, 0.2) is 18.3 Å². The molecule has 0 aliphatic carbocycles. The minimum atomic E-state index is -0.0494. The van der Waals surface area contributed by atoms with Gasteiger partial charge in [-0.15, -0.1) is 0 Å². The van der Waals surface area contributed by atoms with Crippen LogP contribution in [-0.4, -0.2) is 48.0 Å². The number of nitrogens with zero attached hydrogens (tertiary/aromatic N) is 2. The fourth-order valence-corrected chi connectivity index (χ4v) is 2.47. The molecule has 1 aliphatic heterocycles. The van der Waals surface area contributed by atoms with Crippen molar-refractivity contribution in [2.24, 2.45) is 0 Å². The van der Waals surface area contributed by atoms with Crippen LogP contribution in [0.3, 0.4) is 0 Å². The molecule has 5 nitrogen and oxygen atoms in total. The van der Waals surface area contributed by atoms with E-state index < -0.39 is 0 Å². The van der Waals surface area contributed by atoms with Gasteiger partial charge in [-0.1, -0.05) is 0 Å². The van der Waals surface area contributed by atoms with Crippen molar-refractivity contribution in [3.05, 3.63) is 23.9 Å². The second kappa shape index (κ2) is 7.24. The molecule has 1 aliphatic rings. The van der Waals surface area contributed by atoms with E-state index in [0.29, 0.717) is 18.2 Å². The smallest absolute Gasteiger partial charge is 0.252 e. The Morgan fingerprint density at radius 2 is 2.15 bits per heavy atom. The summed E-state index contributed by atoms with van der Waals surface area (Å²) in [5.41, 5.74) is 0.611. The Balaban J connectivity index is 1.81. The van der Waals surface area contributed by atoms with E-state index in [1.807, 2.05) is 13.0 Å². The van der Waals surface area contributed by atoms with Crippen molar-refractivity contribution in [2.75, 3.05) is 31.5 Å². The number of hydrogen-bond acceptors (Lipinski definition) is 4. The first-order chi connectivity index (χ1) is 9.70. The van der Waals surface area contributed by atoms with Crippen LogP contribution in [0.25, 0.3) is 0 Å². The van der Waals surface area contributed by atoms with Crippen LogP contribution in [0.2, 0.25) is 0 Å². The van der Waals surface area contributed by atoms with Gasteiger partial charge in [0.05, 0.1) is 5.56 Å². The van der Waals surface area contributed by atoms with Crippen molar-refractivity contribution in [2.45, 2.75) is 32.7 Å². The summed E-state index contributed by atoms with van der Waals surface area (Å²) in [6, 6.07) is 4.04. The number of rotatable bonds is 6. The maximum atomic E-state index is 12.0. The number of nitrogens with one attached hydrogen (secondary N) is 2. The van der Waals surface area contributed by atoms with Gasteiger partial charge in [0, 0.05) is 25.3 Å². The summed E-state index contributed by atoms with van der Waals surface area (Å²) >= 11 is 0. The number of amides is 1. The van der Waals surface area contributed by atoms with Crippen molar-refractivity contribution < 1.29 is 4.79 Å². The number of aromatic nitrogens is 1. The first kappa shape index (κ1) is 14.8. The normalized spacial score (nSPS) is 16.9. The Bertz CT molecular complexity index is 426. The van der Waals surface area contributed by atoms with Crippen LogP contribution in [0.4, 0.5) is 5.82 Å². The number of carbonyl (C=O) groups excluding carboxylic acids is 1. The van der Waals surface area contributed by atoms with Crippen molar-refractivity contribution in [1.29, 1.82) is 0 Å². The van der Waals surface area contributed by atoms with Gasteiger partial charge in [-0.3, -0.25) is 9.69 Å². The van der Waals surface area contributed by atoms with Gasteiger partial charge in [-0.2, -0.15) is 0 Å². The molecule has 1 atom stereocenters. The number of likely N-dealkylation sites (tertiary alicyclic amines) is 1. The molecule has 0 bridgehead atoms. The van der Waals surface area contributed by atoms with Gasteiger partial charge in [0.1, 0.15) is 5.82 Å². The zero-order chi connectivity index (χ0) is 14.4. The quantitative estimate of drug-likeness (QED) is 0.831. The molecule has 1 saturated heterocycles. The molecule has 1 fully saturated rings. The minimum absolute atomic E-state index is 0.0494. The topological polar surface area (TPSA) is 57.3 Å². The third kappa shape index (κ3) is 3.93. The van der Waals surface area contributed by atoms with Gasteiger partial charge in [0.15, 0.2) is 0 Å². The highest BCUT2D eigenvalue weighted by molar-refractivity contribution is 5.94. The van der Waals surface area contributed by atoms with Crippen molar-refractivity contribution in [3.63, 3.8) is 0 Å². The summed E-state index contributed by atoms with van der Waals surface area (Å²) in [7, 11) is 0. The van der Waals surface area contributed by atoms with Gasteiger partial charge < -0.3 is 10.6 Å². The predicted molar refractivity (Wildman–Crippen MR) is 81.0 cm³/mol. The molecule has 0 aromatic carbocycles. The number of pyridine rings is 1. The molecule has 2 heterocycles. The largest absolute Gasteiger partial charge is 0.370 e. The van der Waals surface area contributed by atoms with Crippen LogP contribution in [-0.2, 0) is 0 Å². The van der Waals surface area contributed by atoms with E-state index in [-0.39, 0.29) is 5.91 Å². The monoisotopic (exact) mass is 276 g/mol. The van der Waals surface area contributed by atoms with Gasteiger partial charge in [0.2, 0.25) is 0 Å². The molecule has 1 aromatic rings. The number of hydrogen-bond donors (Lipinski definition) is 2. The Labute approximate surface area is 120 Å². The summed E-state index contributed by atoms with van der Waals surface area (Å²) < 4.78 is 0. The van der Waals surface area contributed by atoms with Crippen LogP contribution >= 0.6 is 0 Å². The first-order valence-corrected chi connectivity index (χ1v) is 7.43. The van der Waals surface area contributed by atoms with Crippen LogP contribution in [0, 0.1) is 0 Å². The maximum Gasteiger partial charge on any atom is 0.252 e. The summed E-state index contributed by atoms with van der Waals surface area (Å²) in [4.78, 5) is 18.7. The predicted octanol–water partition coefficient (Wildman–Crippen LogP) is 1.73. The van der Waals surface area contributed by atoms with Crippen molar-refractivity contribution in [1.82, 2.24) is 15.2 Å². The highest BCUT2D eigenvalue weighted by atomic mass is 16.1. The second-order valence-corrected chi connectivity index (χ2v) is 5.26. The van der Waals surface area contributed by atoms with Gasteiger partial charge in [-0.05, 0) is 51.9 Å². The molecule has 0 radical (unpaired) electrons. The third-order valence-corrected chi connectivity index (χ3v) is 3.71. The average Bonchev–Trinajstić information content (AvgIpc) is 3.00. The molecule has 20 heavy (non-hydrogen) atoms. The summed E-state index contributed by atoms with van der Waals surface area (Å²) in [5.74, 6) is 0.751. The molecule has 1 aromatic heterocycles. The van der Waals surface area contributed by atoms with E-state index >= 15 is 0 Å². The summed E-state index contributed by atoms with van der Waals surface area (Å²) in [5, 5.41) is 6.10. The van der Waals surface area contributed by atoms with Gasteiger partial charge in [-0.25, -0.2) is 4.98 Å². The lowest BCUT2D eigenvalue weighted by atomic mass is 10.2. The molecule has 0 saturated carbocycles. The fourth-order valence-electron chi connectivity index (χ4n) is 2.47. The van der Waals surface area contributed by atoms with E-state index in [4.69, 9.17) is 0 Å². The number of carbonyl (C=O) groups is 1. The first-order valence-electron chi connectivity index (χ1n) is 7.43. The maximum absolute atomic E-state index is 12.0. The zero-order valence-electron chi connectivity index (χ0n) is 12.4. The Kier molecular flexibility index (Phi) is 5.35. The lowest BCUT2D eigenvalue weighted by molar-refractivity contribution is 0.0940. The molecule has 2 N–H and O–H groups in total. The van der Waals surface area contributed by atoms with Crippen LogP contribution in [0.1, 0.15) is 37.0 Å².